The van der Waals surface area contributed by atoms with E-state index in [1.54, 1.807) is 11.3 Å². The van der Waals surface area contributed by atoms with Gasteiger partial charge in [0.05, 0.1) is 5.69 Å². The Morgan fingerprint density at radius 3 is 2.34 bits per heavy atom. The van der Waals surface area contributed by atoms with Gasteiger partial charge in [-0.15, -0.1) is 11.3 Å². The average Bonchev–Trinajstić information content (AvgIpc) is 3.29. The van der Waals surface area contributed by atoms with Gasteiger partial charge in [-0.05, 0) is 49.6 Å². The van der Waals surface area contributed by atoms with E-state index in [9.17, 15) is 4.79 Å². The Morgan fingerprint density at radius 1 is 0.906 bits per heavy atom. The van der Waals surface area contributed by atoms with Crippen LogP contribution in [0.4, 0.5) is 0 Å². The zero-order valence-corrected chi connectivity index (χ0v) is 19.3. The van der Waals surface area contributed by atoms with Crippen molar-refractivity contribution in [3.05, 3.63) is 94.4 Å². The Kier molecular flexibility index (Phi) is 6.66. The number of amides is 1. The summed E-state index contributed by atoms with van der Waals surface area (Å²) in [5, 5.41) is 5.98. The highest BCUT2D eigenvalue weighted by Crippen LogP contribution is 2.29. The molecule has 3 aromatic carbocycles. The van der Waals surface area contributed by atoms with Crippen molar-refractivity contribution in [2.45, 2.75) is 27.3 Å². The summed E-state index contributed by atoms with van der Waals surface area (Å²) in [5.74, 6) is 0.566. The molecular weight excluding hydrogens is 416 g/mol. The second kappa shape index (κ2) is 9.79. The van der Waals surface area contributed by atoms with Gasteiger partial charge in [-0.3, -0.25) is 4.79 Å². The van der Waals surface area contributed by atoms with E-state index in [1.807, 2.05) is 49.4 Å². The predicted octanol–water partition coefficient (Wildman–Crippen LogP) is 6.10. The molecule has 4 rings (SSSR count). The number of thiazole rings is 1. The molecule has 0 aliphatic carbocycles. The molecule has 0 fully saturated rings. The van der Waals surface area contributed by atoms with Crippen LogP contribution in [-0.4, -0.2) is 17.5 Å². The molecular formula is C27H26N2O2S. The van der Waals surface area contributed by atoms with Gasteiger partial charge in [0.25, 0.3) is 5.91 Å². The molecule has 4 aromatic rings. The lowest BCUT2D eigenvalue weighted by molar-refractivity contribution is -0.123. The topological polar surface area (TPSA) is 51.2 Å². The molecule has 4 nitrogen and oxygen atoms in total. The first-order valence-corrected chi connectivity index (χ1v) is 11.4. The van der Waals surface area contributed by atoms with Crippen LogP contribution in [0.2, 0.25) is 0 Å². The molecule has 1 N–H and O–H groups in total. The van der Waals surface area contributed by atoms with E-state index in [0.29, 0.717) is 12.3 Å². The first-order valence-electron chi connectivity index (χ1n) is 10.6. The Hall–Kier alpha value is -3.44. The monoisotopic (exact) mass is 442 g/mol. The highest BCUT2D eigenvalue weighted by Gasteiger charge is 2.08. The summed E-state index contributed by atoms with van der Waals surface area (Å²) in [6, 6.07) is 22.4. The third kappa shape index (κ3) is 5.42. The molecule has 0 unspecified atom stereocenters. The second-order valence-corrected chi connectivity index (χ2v) is 8.77. The van der Waals surface area contributed by atoms with E-state index in [4.69, 9.17) is 9.72 Å². The van der Waals surface area contributed by atoms with Crippen molar-refractivity contribution in [2.75, 3.05) is 6.61 Å². The summed E-state index contributed by atoms with van der Waals surface area (Å²) >= 11 is 1.63. The zero-order chi connectivity index (χ0) is 22.5. The number of aryl methyl sites for hydroxylation is 3. The van der Waals surface area contributed by atoms with Crippen LogP contribution in [-0.2, 0) is 11.3 Å². The largest absolute Gasteiger partial charge is 0.484 e. The van der Waals surface area contributed by atoms with Crippen molar-refractivity contribution in [2.24, 2.45) is 0 Å². The van der Waals surface area contributed by atoms with E-state index in [1.165, 1.54) is 11.1 Å². The van der Waals surface area contributed by atoms with E-state index in [0.717, 1.165) is 33.0 Å². The number of aromatic nitrogens is 1. The summed E-state index contributed by atoms with van der Waals surface area (Å²) in [4.78, 5) is 16.9. The van der Waals surface area contributed by atoms with Crippen molar-refractivity contribution in [3.63, 3.8) is 0 Å². The quantitative estimate of drug-likeness (QED) is 0.376. The minimum absolute atomic E-state index is 0.00148. The number of carbonyl (C=O) groups is 1. The number of hydrogen-bond acceptors (Lipinski definition) is 4. The standard InChI is InChI=1S/C27H26N2O2S/c1-18-4-9-22(10-5-18)25-17-32-27(29-25)23-11-7-21(8-12-23)15-28-26(30)16-31-24-13-6-19(2)20(3)14-24/h4-14,17H,15-16H2,1-3H3,(H,28,30). The number of nitrogens with zero attached hydrogens (tertiary/aromatic N) is 1. The fourth-order valence-electron chi connectivity index (χ4n) is 3.23. The number of carbonyl (C=O) groups excluding carboxylic acids is 1. The van der Waals surface area contributed by atoms with Crippen LogP contribution in [0.5, 0.6) is 5.75 Å². The van der Waals surface area contributed by atoms with Crippen LogP contribution in [0.25, 0.3) is 21.8 Å². The normalized spacial score (nSPS) is 10.7. The summed E-state index contributed by atoms with van der Waals surface area (Å²) in [6.45, 7) is 6.62. The molecule has 1 aromatic heterocycles. The average molecular weight is 443 g/mol. The minimum Gasteiger partial charge on any atom is -0.484 e. The molecule has 5 heteroatoms. The van der Waals surface area contributed by atoms with E-state index >= 15 is 0 Å². The molecule has 0 saturated heterocycles. The molecule has 162 valence electrons. The van der Waals surface area contributed by atoms with E-state index < -0.39 is 0 Å². The van der Waals surface area contributed by atoms with Gasteiger partial charge in [-0.2, -0.15) is 0 Å². The lowest BCUT2D eigenvalue weighted by Crippen LogP contribution is -2.28. The summed E-state index contributed by atoms with van der Waals surface area (Å²) < 4.78 is 5.60. The molecule has 0 aliphatic heterocycles. The number of nitrogens with one attached hydrogen (secondary N) is 1. The molecule has 0 aliphatic rings. The molecule has 0 bridgehead atoms. The van der Waals surface area contributed by atoms with E-state index in [-0.39, 0.29) is 12.5 Å². The van der Waals surface area contributed by atoms with Crippen LogP contribution in [0, 0.1) is 20.8 Å². The maximum absolute atomic E-state index is 12.1. The van der Waals surface area contributed by atoms with Crippen LogP contribution in [0.3, 0.4) is 0 Å². The maximum atomic E-state index is 12.1. The van der Waals surface area contributed by atoms with Gasteiger partial charge in [-0.25, -0.2) is 4.98 Å². The Labute approximate surface area is 192 Å². The van der Waals surface area contributed by atoms with Crippen molar-refractivity contribution in [1.82, 2.24) is 10.3 Å². The molecule has 0 atom stereocenters. The maximum Gasteiger partial charge on any atom is 0.258 e. The summed E-state index contributed by atoms with van der Waals surface area (Å²) in [7, 11) is 0. The van der Waals surface area contributed by atoms with Gasteiger partial charge in [0, 0.05) is 23.1 Å². The number of hydrogen-bond donors (Lipinski definition) is 1. The molecule has 1 heterocycles. The molecule has 32 heavy (non-hydrogen) atoms. The van der Waals surface area contributed by atoms with Gasteiger partial charge in [0.15, 0.2) is 6.61 Å². The SMILES string of the molecule is Cc1ccc(-c2csc(-c3ccc(CNC(=O)COc4ccc(C)c(C)c4)cc3)n2)cc1. The highest BCUT2D eigenvalue weighted by molar-refractivity contribution is 7.13. The fourth-order valence-corrected chi connectivity index (χ4v) is 4.07. The van der Waals surface area contributed by atoms with Crippen LogP contribution in [0.15, 0.2) is 72.1 Å². The number of benzene rings is 3. The Balaban J connectivity index is 1.30. The second-order valence-electron chi connectivity index (χ2n) is 7.91. The molecule has 0 radical (unpaired) electrons. The van der Waals surface area contributed by atoms with E-state index in [2.05, 4.69) is 48.8 Å². The summed E-state index contributed by atoms with van der Waals surface area (Å²) in [5.41, 5.74) is 7.81. The zero-order valence-electron chi connectivity index (χ0n) is 18.5. The fraction of sp³-hybridized carbons (Fsp3) is 0.185. The van der Waals surface area contributed by atoms with Crippen molar-refractivity contribution >= 4 is 17.2 Å². The third-order valence-corrected chi connectivity index (χ3v) is 6.28. The Morgan fingerprint density at radius 2 is 1.62 bits per heavy atom. The third-order valence-electron chi connectivity index (χ3n) is 5.39. The molecule has 1 amide bonds. The number of rotatable bonds is 7. The smallest absolute Gasteiger partial charge is 0.258 e. The van der Waals surface area contributed by atoms with Gasteiger partial charge < -0.3 is 10.1 Å². The first kappa shape index (κ1) is 21.8. The van der Waals surface area contributed by atoms with Gasteiger partial charge in [0.2, 0.25) is 0 Å². The number of ether oxygens (including phenoxy) is 1. The van der Waals surface area contributed by atoms with Gasteiger partial charge in [0.1, 0.15) is 10.8 Å². The van der Waals surface area contributed by atoms with Crippen LogP contribution >= 0.6 is 11.3 Å². The Bertz CT molecular complexity index is 1210. The molecule has 0 saturated carbocycles. The van der Waals surface area contributed by atoms with Crippen molar-refractivity contribution in [3.8, 4) is 27.6 Å². The van der Waals surface area contributed by atoms with Crippen LogP contribution < -0.4 is 10.1 Å². The lowest BCUT2D eigenvalue weighted by atomic mass is 10.1. The van der Waals surface area contributed by atoms with Crippen molar-refractivity contribution < 1.29 is 9.53 Å². The van der Waals surface area contributed by atoms with Gasteiger partial charge >= 0.3 is 0 Å². The van der Waals surface area contributed by atoms with Crippen molar-refractivity contribution in [1.29, 1.82) is 0 Å². The first-order chi connectivity index (χ1) is 15.5. The lowest BCUT2D eigenvalue weighted by Gasteiger charge is -2.09. The van der Waals surface area contributed by atoms with Crippen LogP contribution in [0.1, 0.15) is 22.3 Å². The molecule has 0 spiro atoms. The minimum atomic E-state index is -0.144. The predicted molar refractivity (Wildman–Crippen MR) is 131 cm³/mol. The highest BCUT2D eigenvalue weighted by atomic mass is 32.1. The van der Waals surface area contributed by atoms with Gasteiger partial charge in [-0.1, -0.05) is 60.2 Å². The summed E-state index contributed by atoms with van der Waals surface area (Å²) in [6.07, 6.45) is 0.